The van der Waals surface area contributed by atoms with Gasteiger partial charge in [-0.05, 0) is 30.7 Å². The van der Waals surface area contributed by atoms with Crippen molar-refractivity contribution in [1.29, 1.82) is 0 Å². The van der Waals surface area contributed by atoms with E-state index in [9.17, 15) is 4.21 Å². The Hall–Kier alpha value is -0.680. The molecule has 2 rings (SSSR count). The molecule has 0 aliphatic carbocycles. The van der Waals surface area contributed by atoms with E-state index in [0.717, 1.165) is 19.8 Å². The summed E-state index contributed by atoms with van der Waals surface area (Å²) in [5.41, 5.74) is 2.33. The van der Waals surface area contributed by atoms with Gasteiger partial charge >= 0.3 is 0 Å². The highest BCUT2D eigenvalue weighted by Gasteiger charge is 2.10. The van der Waals surface area contributed by atoms with Crippen LogP contribution in [-0.4, -0.2) is 4.21 Å². The lowest BCUT2D eigenvalue weighted by Crippen LogP contribution is -1.96. The van der Waals surface area contributed by atoms with Gasteiger partial charge in [-0.15, -0.1) is 0 Å². The lowest BCUT2D eigenvalue weighted by atomic mass is 10.2. The monoisotopic (exact) mass is 356 g/mol. The second kappa shape index (κ2) is 5.78. The third-order valence-corrected chi connectivity index (χ3v) is 4.87. The Bertz CT molecular complexity index is 534. The summed E-state index contributed by atoms with van der Waals surface area (Å²) in [5.74, 6) is 0. The molecule has 2 aromatic rings. The Balaban J connectivity index is 2.40. The molecule has 0 N–H and O–H groups in total. The number of aryl methyl sites for hydroxylation is 1. The van der Waals surface area contributed by atoms with Crippen molar-refractivity contribution in [2.75, 3.05) is 0 Å². The van der Waals surface area contributed by atoms with Crippen LogP contribution in [0.2, 0.25) is 0 Å². The van der Waals surface area contributed by atoms with Gasteiger partial charge < -0.3 is 0 Å². The number of halogens is 1. The first-order chi connectivity index (χ1) is 8.22. The summed E-state index contributed by atoms with van der Waals surface area (Å²) in [6, 6.07) is 15.8. The highest BCUT2D eigenvalue weighted by Crippen LogP contribution is 2.22. The number of alkyl halides is 1. The molecule has 0 amide bonds. The van der Waals surface area contributed by atoms with Gasteiger partial charge in [0.25, 0.3) is 0 Å². The van der Waals surface area contributed by atoms with Crippen LogP contribution in [0.3, 0.4) is 0 Å². The Morgan fingerprint density at radius 2 is 1.71 bits per heavy atom. The van der Waals surface area contributed by atoms with Gasteiger partial charge in [0.1, 0.15) is 0 Å². The molecule has 1 nitrogen and oxygen atoms in total. The quantitative estimate of drug-likeness (QED) is 0.598. The summed E-state index contributed by atoms with van der Waals surface area (Å²) in [6.45, 7) is 2.03. The van der Waals surface area contributed by atoms with Crippen LogP contribution in [-0.2, 0) is 15.2 Å². The fourth-order valence-corrected chi connectivity index (χ4v) is 3.73. The van der Waals surface area contributed by atoms with E-state index in [1.54, 1.807) is 0 Å². The van der Waals surface area contributed by atoms with E-state index in [-0.39, 0.29) is 0 Å². The van der Waals surface area contributed by atoms with E-state index >= 15 is 0 Å². The molecule has 1 unspecified atom stereocenters. The van der Waals surface area contributed by atoms with Gasteiger partial charge in [-0.25, -0.2) is 4.21 Å². The highest BCUT2D eigenvalue weighted by molar-refractivity contribution is 14.1. The predicted octanol–water partition coefficient (Wildman–Crippen LogP) is 4.10. The Morgan fingerprint density at radius 1 is 1.06 bits per heavy atom. The number of benzene rings is 2. The smallest absolute Gasteiger partial charge is 0.0852 e. The van der Waals surface area contributed by atoms with E-state index in [4.69, 9.17) is 0 Å². The van der Waals surface area contributed by atoms with Crippen molar-refractivity contribution in [2.45, 2.75) is 21.1 Å². The second-order valence-corrected chi connectivity index (χ2v) is 6.03. The molecule has 17 heavy (non-hydrogen) atoms. The molecule has 3 heteroatoms. The molecule has 88 valence electrons. The average Bonchev–Trinajstić information content (AvgIpc) is 2.39. The van der Waals surface area contributed by atoms with Crippen LogP contribution in [0.25, 0.3) is 0 Å². The summed E-state index contributed by atoms with van der Waals surface area (Å²) < 4.78 is 13.3. The summed E-state index contributed by atoms with van der Waals surface area (Å²) in [5, 5.41) is 0. The molecular formula is C14H13IOS. The van der Waals surface area contributed by atoms with Crippen LogP contribution < -0.4 is 0 Å². The molecule has 0 radical (unpaired) electrons. The number of rotatable bonds is 3. The molecule has 0 fully saturated rings. The van der Waals surface area contributed by atoms with Gasteiger partial charge in [0.2, 0.25) is 0 Å². The zero-order chi connectivity index (χ0) is 12.3. The maximum absolute atomic E-state index is 12.4. The second-order valence-electron chi connectivity index (χ2n) is 3.82. The van der Waals surface area contributed by atoms with E-state index in [1.165, 1.54) is 5.56 Å². The Kier molecular flexibility index (Phi) is 4.34. The minimum absolute atomic E-state index is 0.868. The fraction of sp³-hybridized carbons (Fsp3) is 0.143. The normalized spacial score (nSPS) is 12.4. The van der Waals surface area contributed by atoms with Crippen molar-refractivity contribution in [3.8, 4) is 0 Å². The third kappa shape index (κ3) is 2.96. The minimum atomic E-state index is -1.07. The van der Waals surface area contributed by atoms with Crippen molar-refractivity contribution in [3.05, 3.63) is 59.7 Å². The van der Waals surface area contributed by atoms with Gasteiger partial charge in [-0.1, -0.05) is 58.5 Å². The molecule has 0 saturated carbocycles. The average molecular weight is 356 g/mol. The van der Waals surface area contributed by atoms with Crippen LogP contribution in [0.4, 0.5) is 0 Å². The van der Waals surface area contributed by atoms with Crippen molar-refractivity contribution >= 4 is 33.4 Å². The topological polar surface area (TPSA) is 17.1 Å². The first-order valence-corrected chi connectivity index (χ1v) is 8.02. The molecule has 0 heterocycles. The zero-order valence-corrected chi connectivity index (χ0v) is 12.5. The SMILES string of the molecule is Cc1ccc(S(=O)c2ccccc2CI)cc1. The maximum atomic E-state index is 12.4. The first-order valence-electron chi connectivity index (χ1n) is 5.34. The Labute approximate surface area is 118 Å². The standard InChI is InChI=1S/C14H13IOS/c1-11-6-8-13(9-7-11)17(16)14-5-3-2-4-12(14)10-15/h2-9H,10H2,1H3. The van der Waals surface area contributed by atoms with Gasteiger partial charge in [0.05, 0.1) is 10.8 Å². The summed E-state index contributed by atoms with van der Waals surface area (Å²) in [7, 11) is -1.07. The lowest BCUT2D eigenvalue weighted by molar-refractivity contribution is 0.682. The predicted molar refractivity (Wildman–Crippen MR) is 80.0 cm³/mol. The van der Waals surface area contributed by atoms with Crippen LogP contribution in [0, 0.1) is 6.92 Å². The Morgan fingerprint density at radius 3 is 2.35 bits per heavy atom. The molecule has 0 aliphatic heterocycles. The van der Waals surface area contributed by atoms with Crippen LogP contribution in [0.1, 0.15) is 11.1 Å². The molecule has 1 atom stereocenters. The van der Waals surface area contributed by atoms with E-state index < -0.39 is 10.8 Å². The van der Waals surface area contributed by atoms with Gasteiger partial charge in [-0.3, -0.25) is 0 Å². The number of hydrogen-bond acceptors (Lipinski definition) is 1. The molecule has 2 aromatic carbocycles. The molecule has 0 spiro atoms. The van der Waals surface area contributed by atoms with E-state index in [1.807, 2.05) is 55.5 Å². The van der Waals surface area contributed by atoms with Gasteiger partial charge in [0.15, 0.2) is 0 Å². The summed E-state index contributed by atoms with van der Waals surface area (Å²) in [6.07, 6.45) is 0. The highest BCUT2D eigenvalue weighted by atomic mass is 127. The summed E-state index contributed by atoms with van der Waals surface area (Å²) in [4.78, 5) is 1.79. The van der Waals surface area contributed by atoms with Crippen molar-refractivity contribution in [3.63, 3.8) is 0 Å². The van der Waals surface area contributed by atoms with Crippen molar-refractivity contribution in [1.82, 2.24) is 0 Å². The van der Waals surface area contributed by atoms with Crippen LogP contribution >= 0.6 is 22.6 Å². The van der Waals surface area contributed by atoms with Gasteiger partial charge in [-0.2, -0.15) is 0 Å². The lowest BCUT2D eigenvalue weighted by Gasteiger charge is -2.07. The molecule has 0 bridgehead atoms. The largest absolute Gasteiger partial charge is 0.249 e. The zero-order valence-electron chi connectivity index (χ0n) is 9.52. The van der Waals surface area contributed by atoms with E-state index in [0.29, 0.717) is 0 Å². The van der Waals surface area contributed by atoms with Crippen molar-refractivity contribution < 1.29 is 4.21 Å². The fourth-order valence-electron chi connectivity index (χ4n) is 1.58. The molecule has 0 saturated heterocycles. The third-order valence-electron chi connectivity index (χ3n) is 2.55. The molecule has 0 aliphatic rings. The van der Waals surface area contributed by atoms with E-state index in [2.05, 4.69) is 22.6 Å². The number of hydrogen-bond donors (Lipinski definition) is 0. The van der Waals surface area contributed by atoms with Crippen LogP contribution in [0.15, 0.2) is 58.3 Å². The maximum Gasteiger partial charge on any atom is 0.0852 e. The molecular weight excluding hydrogens is 343 g/mol. The minimum Gasteiger partial charge on any atom is -0.249 e. The first kappa shape index (κ1) is 12.8. The van der Waals surface area contributed by atoms with Crippen LogP contribution in [0.5, 0.6) is 0 Å². The van der Waals surface area contributed by atoms with Gasteiger partial charge in [0, 0.05) is 14.2 Å². The molecule has 0 aromatic heterocycles. The van der Waals surface area contributed by atoms with Crippen molar-refractivity contribution in [2.24, 2.45) is 0 Å². The summed E-state index contributed by atoms with van der Waals surface area (Å²) >= 11 is 2.30.